The van der Waals surface area contributed by atoms with Gasteiger partial charge in [0, 0.05) is 11.3 Å². The SMILES string of the molecule is COC(=O)C(C)SCc1coc(-c2ccc(OC)cc2)n1. The number of thioether (sulfide) groups is 1. The van der Waals surface area contributed by atoms with Crippen molar-refractivity contribution in [1.82, 2.24) is 4.98 Å². The molecule has 2 aromatic rings. The maximum atomic E-state index is 11.3. The molecular weight excluding hydrogens is 290 g/mol. The molecule has 0 fully saturated rings. The van der Waals surface area contributed by atoms with Crippen LogP contribution in [0.4, 0.5) is 0 Å². The van der Waals surface area contributed by atoms with E-state index in [2.05, 4.69) is 9.72 Å². The van der Waals surface area contributed by atoms with Crippen LogP contribution >= 0.6 is 11.8 Å². The first-order valence-corrected chi connectivity index (χ1v) is 7.47. The number of carbonyl (C=O) groups excluding carboxylic acids is 1. The van der Waals surface area contributed by atoms with Gasteiger partial charge in [-0.3, -0.25) is 4.79 Å². The summed E-state index contributed by atoms with van der Waals surface area (Å²) in [7, 11) is 3.01. The first kappa shape index (κ1) is 15.4. The molecule has 1 unspecified atom stereocenters. The van der Waals surface area contributed by atoms with Crippen molar-refractivity contribution in [2.45, 2.75) is 17.9 Å². The zero-order valence-corrected chi connectivity index (χ0v) is 13.0. The summed E-state index contributed by atoms with van der Waals surface area (Å²) < 4.78 is 15.3. The van der Waals surface area contributed by atoms with Gasteiger partial charge in [0.25, 0.3) is 0 Å². The van der Waals surface area contributed by atoms with Crippen LogP contribution in [0.1, 0.15) is 12.6 Å². The number of methoxy groups -OCH3 is 2. The van der Waals surface area contributed by atoms with Gasteiger partial charge in [-0.05, 0) is 31.2 Å². The molecule has 0 amide bonds. The summed E-state index contributed by atoms with van der Waals surface area (Å²) in [6.45, 7) is 1.81. The van der Waals surface area contributed by atoms with E-state index in [0.29, 0.717) is 11.6 Å². The molecule has 5 nitrogen and oxygen atoms in total. The first-order chi connectivity index (χ1) is 10.1. The number of benzene rings is 1. The van der Waals surface area contributed by atoms with Gasteiger partial charge in [0.15, 0.2) is 0 Å². The van der Waals surface area contributed by atoms with Crippen LogP contribution < -0.4 is 4.74 Å². The molecule has 1 heterocycles. The van der Waals surface area contributed by atoms with Gasteiger partial charge in [-0.25, -0.2) is 4.98 Å². The highest BCUT2D eigenvalue weighted by Crippen LogP contribution is 2.24. The Morgan fingerprint density at radius 1 is 1.33 bits per heavy atom. The lowest BCUT2D eigenvalue weighted by atomic mass is 10.2. The normalized spacial score (nSPS) is 12.0. The predicted octanol–water partition coefficient (Wildman–Crippen LogP) is 3.14. The minimum Gasteiger partial charge on any atom is -0.497 e. The smallest absolute Gasteiger partial charge is 0.318 e. The van der Waals surface area contributed by atoms with E-state index in [0.717, 1.165) is 17.0 Å². The summed E-state index contributed by atoms with van der Waals surface area (Å²) in [5, 5.41) is -0.226. The fourth-order valence-corrected chi connectivity index (χ4v) is 2.47. The van der Waals surface area contributed by atoms with Gasteiger partial charge >= 0.3 is 5.97 Å². The van der Waals surface area contributed by atoms with Crippen molar-refractivity contribution in [3.63, 3.8) is 0 Å². The second-order valence-electron chi connectivity index (χ2n) is 4.35. The molecule has 0 N–H and O–H groups in total. The number of esters is 1. The molecule has 1 atom stereocenters. The van der Waals surface area contributed by atoms with E-state index in [9.17, 15) is 4.79 Å². The van der Waals surface area contributed by atoms with E-state index in [1.165, 1.54) is 18.9 Å². The monoisotopic (exact) mass is 307 g/mol. The van der Waals surface area contributed by atoms with Crippen LogP contribution in [0.2, 0.25) is 0 Å². The quantitative estimate of drug-likeness (QED) is 0.764. The third-order valence-electron chi connectivity index (χ3n) is 2.90. The minimum atomic E-state index is -0.237. The van der Waals surface area contributed by atoms with Crippen molar-refractivity contribution in [2.75, 3.05) is 14.2 Å². The summed E-state index contributed by atoms with van der Waals surface area (Å²) in [6.07, 6.45) is 1.61. The van der Waals surface area contributed by atoms with Crippen LogP contribution in [0.25, 0.3) is 11.5 Å². The lowest BCUT2D eigenvalue weighted by Crippen LogP contribution is -2.14. The molecule has 1 aromatic heterocycles. The zero-order chi connectivity index (χ0) is 15.2. The molecule has 0 aliphatic heterocycles. The van der Waals surface area contributed by atoms with Crippen molar-refractivity contribution in [3.05, 3.63) is 36.2 Å². The van der Waals surface area contributed by atoms with Gasteiger partial charge in [0.05, 0.1) is 25.2 Å². The maximum Gasteiger partial charge on any atom is 0.318 e. The Labute approximate surface area is 127 Å². The number of nitrogens with zero attached hydrogens (tertiary/aromatic N) is 1. The number of carbonyl (C=O) groups is 1. The Morgan fingerprint density at radius 2 is 2.05 bits per heavy atom. The van der Waals surface area contributed by atoms with E-state index in [1.807, 2.05) is 24.3 Å². The zero-order valence-electron chi connectivity index (χ0n) is 12.2. The average Bonchev–Trinajstić information content (AvgIpc) is 3.00. The van der Waals surface area contributed by atoms with Gasteiger partial charge in [-0.2, -0.15) is 0 Å². The minimum absolute atomic E-state index is 0.226. The molecule has 0 spiro atoms. The molecule has 2 rings (SSSR count). The number of ether oxygens (including phenoxy) is 2. The Morgan fingerprint density at radius 3 is 2.67 bits per heavy atom. The van der Waals surface area contributed by atoms with E-state index >= 15 is 0 Å². The van der Waals surface area contributed by atoms with Gasteiger partial charge in [-0.15, -0.1) is 11.8 Å². The largest absolute Gasteiger partial charge is 0.497 e. The third kappa shape index (κ3) is 4.01. The Hall–Kier alpha value is -1.95. The topological polar surface area (TPSA) is 61.6 Å². The molecule has 6 heteroatoms. The second-order valence-corrected chi connectivity index (χ2v) is 5.68. The summed E-state index contributed by atoms with van der Waals surface area (Å²) in [4.78, 5) is 15.7. The maximum absolute atomic E-state index is 11.3. The fourth-order valence-electron chi connectivity index (χ4n) is 1.68. The summed E-state index contributed by atoms with van der Waals surface area (Å²) in [5.41, 5.74) is 1.68. The molecule has 0 radical (unpaired) electrons. The number of rotatable bonds is 6. The van der Waals surface area contributed by atoms with Crippen LogP contribution in [0.15, 0.2) is 34.9 Å². The van der Waals surface area contributed by atoms with E-state index in [1.54, 1.807) is 20.3 Å². The Balaban J connectivity index is 1.99. The predicted molar refractivity (Wildman–Crippen MR) is 81.3 cm³/mol. The van der Waals surface area contributed by atoms with Crippen LogP contribution in [0.5, 0.6) is 5.75 Å². The second kappa shape index (κ2) is 7.17. The van der Waals surface area contributed by atoms with Crippen LogP contribution in [0, 0.1) is 0 Å². The molecule has 0 bridgehead atoms. The highest BCUT2D eigenvalue weighted by Gasteiger charge is 2.15. The standard InChI is InChI=1S/C15H17NO4S/c1-10(15(17)19-3)21-9-12-8-20-14(16-12)11-4-6-13(18-2)7-5-11/h4-8,10H,9H2,1-3H3. The van der Waals surface area contributed by atoms with Crippen LogP contribution in [0.3, 0.4) is 0 Å². The summed E-state index contributed by atoms with van der Waals surface area (Å²) >= 11 is 1.46. The lowest BCUT2D eigenvalue weighted by molar-refractivity contribution is -0.139. The number of oxazole rings is 1. The molecule has 1 aromatic carbocycles. The van der Waals surface area contributed by atoms with Crippen molar-refractivity contribution in [2.24, 2.45) is 0 Å². The van der Waals surface area contributed by atoms with Gasteiger partial charge in [0.2, 0.25) is 5.89 Å². The molecule has 0 aliphatic carbocycles. The summed E-state index contributed by atoms with van der Waals surface area (Å²) in [6, 6.07) is 7.48. The third-order valence-corrected chi connectivity index (χ3v) is 4.06. The van der Waals surface area contributed by atoms with E-state index < -0.39 is 0 Å². The van der Waals surface area contributed by atoms with E-state index in [-0.39, 0.29) is 11.2 Å². The van der Waals surface area contributed by atoms with Crippen molar-refractivity contribution in [1.29, 1.82) is 0 Å². The first-order valence-electron chi connectivity index (χ1n) is 6.42. The van der Waals surface area contributed by atoms with Crippen molar-refractivity contribution in [3.8, 4) is 17.2 Å². The van der Waals surface area contributed by atoms with E-state index in [4.69, 9.17) is 9.15 Å². The molecule has 0 saturated heterocycles. The molecular formula is C15H17NO4S. The van der Waals surface area contributed by atoms with Gasteiger partial charge in [0.1, 0.15) is 12.0 Å². The van der Waals surface area contributed by atoms with Gasteiger partial charge < -0.3 is 13.9 Å². The average molecular weight is 307 g/mol. The van der Waals surface area contributed by atoms with Crippen molar-refractivity contribution >= 4 is 17.7 Å². The van der Waals surface area contributed by atoms with Crippen LogP contribution in [-0.2, 0) is 15.3 Å². The van der Waals surface area contributed by atoms with Crippen LogP contribution in [-0.4, -0.2) is 30.4 Å². The molecule has 0 saturated carbocycles. The highest BCUT2D eigenvalue weighted by atomic mass is 32.2. The molecule has 0 aliphatic rings. The molecule has 112 valence electrons. The Kier molecular flexibility index (Phi) is 5.27. The number of hydrogen-bond acceptors (Lipinski definition) is 6. The summed E-state index contributed by atoms with van der Waals surface area (Å²) in [5.74, 6) is 1.70. The lowest BCUT2D eigenvalue weighted by Gasteiger charge is -2.06. The fraction of sp³-hybridized carbons (Fsp3) is 0.333. The molecule has 21 heavy (non-hydrogen) atoms. The Bertz CT molecular complexity index is 594. The van der Waals surface area contributed by atoms with Gasteiger partial charge in [-0.1, -0.05) is 0 Å². The van der Waals surface area contributed by atoms with Crippen molar-refractivity contribution < 1.29 is 18.7 Å². The highest BCUT2D eigenvalue weighted by molar-refractivity contribution is 7.99. The number of hydrogen-bond donors (Lipinski definition) is 0. The number of aromatic nitrogens is 1.